The van der Waals surface area contributed by atoms with Crippen LogP contribution in [0.5, 0.6) is 0 Å². The summed E-state index contributed by atoms with van der Waals surface area (Å²) in [5.74, 6) is -0.641. The standard InChI is InChI=1S/C13H13ClFN5O2/c14-9-7-8(15)1-2-10(9)17-13(22)18-12-4-6-20(19-12)5-3-11(16)21/h1-2,4,6-7H,3,5H2,(H2,16,21)(H2,17,18,19,22). The number of rotatable bonds is 5. The molecule has 1 aromatic carbocycles. The van der Waals surface area contributed by atoms with E-state index in [2.05, 4.69) is 15.7 Å². The number of nitrogens with one attached hydrogen (secondary N) is 2. The minimum Gasteiger partial charge on any atom is -0.370 e. The third kappa shape index (κ3) is 4.45. The average Bonchev–Trinajstić information content (AvgIpc) is 2.87. The highest BCUT2D eigenvalue weighted by molar-refractivity contribution is 6.33. The van der Waals surface area contributed by atoms with Gasteiger partial charge in [-0.25, -0.2) is 9.18 Å². The summed E-state index contributed by atoms with van der Waals surface area (Å²) in [6.45, 7) is 0.322. The second kappa shape index (κ2) is 6.90. The largest absolute Gasteiger partial charge is 0.370 e. The molecule has 2 rings (SSSR count). The molecule has 116 valence electrons. The summed E-state index contributed by atoms with van der Waals surface area (Å²) in [5.41, 5.74) is 5.31. The number of aromatic nitrogens is 2. The van der Waals surface area contributed by atoms with Crippen molar-refractivity contribution in [1.29, 1.82) is 0 Å². The van der Waals surface area contributed by atoms with E-state index in [0.717, 1.165) is 6.07 Å². The Morgan fingerprint density at radius 3 is 2.77 bits per heavy atom. The Bertz CT molecular complexity index is 703. The van der Waals surface area contributed by atoms with Crippen molar-refractivity contribution in [3.8, 4) is 0 Å². The van der Waals surface area contributed by atoms with Crippen LogP contribution < -0.4 is 16.4 Å². The monoisotopic (exact) mass is 325 g/mol. The molecule has 0 spiro atoms. The van der Waals surface area contributed by atoms with Crippen LogP contribution in [-0.2, 0) is 11.3 Å². The molecular weight excluding hydrogens is 313 g/mol. The highest BCUT2D eigenvalue weighted by Crippen LogP contribution is 2.22. The molecule has 1 aromatic heterocycles. The van der Waals surface area contributed by atoms with Gasteiger partial charge in [0.25, 0.3) is 0 Å². The van der Waals surface area contributed by atoms with Crippen LogP contribution in [0.3, 0.4) is 0 Å². The van der Waals surface area contributed by atoms with Crippen LogP contribution in [0.15, 0.2) is 30.5 Å². The Morgan fingerprint density at radius 1 is 1.32 bits per heavy atom. The summed E-state index contributed by atoms with van der Waals surface area (Å²) in [4.78, 5) is 22.5. The fraction of sp³-hybridized carbons (Fsp3) is 0.154. The van der Waals surface area contributed by atoms with Crippen LogP contribution in [0.2, 0.25) is 5.02 Å². The Labute approximate surface area is 130 Å². The van der Waals surface area contributed by atoms with E-state index < -0.39 is 17.8 Å². The number of primary amides is 1. The number of hydrogen-bond acceptors (Lipinski definition) is 3. The zero-order chi connectivity index (χ0) is 16.1. The Kier molecular flexibility index (Phi) is 4.95. The number of anilines is 2. The molecule has 0 aliphatic carbocycles. The fourth-order valence-electron chi connectivity index (χ4n) is 1.64. The molecule has 3 amide bonds. The zero-order valence-electron chi connectivity index (χ0n) is 11.3. The van der Waals surface area contributed by atoms with E-state index in [4.69, 9.17) is 17.3 Å². The SMILES string of the molecule is NC(=O)CCn1ccc(NC(=O)Nc2ccc(F)cc2Cl)n1. The molecule has 4 N–H and O–H groups in total. The lowest BCUT2D eigenvalue weighted by atomic mass is 10.3. The van der Waals surface area contributed by atoms with E-state index in [1.165, 1.54) is 16.8 Å². The molecule has 0 unspecified atom stereocenters. The van der Waals surface area contributed by atoms with Crippen LogP contribution in [-0.4, -0.2) is 21.7 Å². The zero-order valence-corrected chi connectivity index (χ0v) is 12.1. The minimum absolute atomic E-state index is 0.0853. The molecule has 0 saturated heterocycles. The molecule has 0 bridgehead atoms. The molecule has 7 nitrogen and oxygen atoms in total. The van der Waals surface area contributed by atoms with Crippen molar-refractivity contribution in [1.82, 2.24) is 9.78 Å². The number of nitrogens with zero attached hydrogens (tertiary/aromatic N) is 2. The van der Waals surface area contributed by atoms with Crippen molar-refractivity contribution >= 4 is 35.0 Å². The molecule has 0 atom stereocenters. The van der Waals surface area contributed by atoms with Gasteiger partial charge >= 0.3 is 6.03 Å². The van der Waals surface area contributed by atoms with Gasteiger partial charge in [-0.15, -0.1) is 0 Å². The molecule has 0 radical (unpaired) electrons. The van der Waals surface area contributed by atoms with Crippen molar-refractivity contribution in [3.05, 3.63) is 41.3 Å². The summed E-state index contributed by atoms with van der Waals surface area (Å²) < 4.78 is 14.4. The molecule has 2 aromatic rings. The normalized spacial score (nSPS) is 10.3. The molecular formula is C13H13ClFN5O2. The summed E-state index contributed by atoms with van der Waals surface area (Å²) >= 11 is 5.81. The summed E-state index contributed by atoms with van der Waals surface area (Å²) in [6.07, 6.45) is 1.75. The lowest BCUT2D eigenvalue weighted by Crippen LogP contribution is -2.20. The van der Waals surface area contributed by atoms with Crippen molar-refractivity contribution in [2.24, 2.45) is 5.73 Å². The highest BCUT2D eigenvalue weighted by atomic mass is 35.5. The maximum atomic E-state index is 12.9. The molecule has 1 heterocycles. The summed E-state index contributed by atoms with van der Waals surface area (Å²) in [7, 11) is 0. The van der Waals surface area contributed by atoms with Gasteiger partial charge in [-0.2, -0.15) is 5.10 Å². The van der Waals surface area contributed by atoms with Crippen LogP contribution >= 0.6 is 11.6 Å². The third-order valence-corrected chi connectivity index (χ3v) is 2.96. The molecule has 22 heavy (non-hydrogen) atoms. The first-order chi connectivity index (χ1) is 10.4. The molecule has 0 aliphatic rings. The van der Waals surface area contributed by atoms with Crippen LogP contribution in [0, 0.1) is 5.82 Å². The summed E-state index contributed by atoms with van der Waals surface area (Å²) in [6, 6.07) is 4.61. The number of aryl methyl sites for hydroxylation is 1. The van der Waals surface area contributed by atoms with Gasteiger partial charge in [-0.05, 0) is 18.2 Å². The van der Waals surface area contributed by atoms with Gasteiger partial charge in [-0.3, -0.25) is 14.8 Å². The predicted molar refractivity (Wildman–Crippen MR) is 80.1 cm³/mol. The molecule has 0 fully saturated rings. The van der Waals surface area contributed by atoms with Gasteiger partial charge < -0.3 is 11.1 Å². The maximum Gasteiger partial charge on any atom is 0.324 e. The number of amides is 3. The highest BCUT2D eigenvalue weighted by Gasteiger charge is 2.08. The average molecular weight is 326 g/mol. The predicted octanol–water partition coefficient (Wildman–Crippen LogP) is 2.19. The van der Waals surface area contributed by atoms with E-state index in [0.29, 0.717) is 12.4 Å². The quantitative estimate of drug-likeness (QED) is 0.785. The minimum atomic E-state index is -0.575. The van der Waals surface area contributed by atoms with E-state index in [1.54, 1.807) is 12.3 Å². The van der Waals surface area contributed by atoms with Crippen molar-refractivity contribution in [2.75, 3.05) is 10.6 Å². The van der Waals surface area contributed by atoms with E-state index >= 15 is 0 Å². The fourth-order valence-corrected chi connectivity index (χ4v) is 1.85. The number of hydrogen-bond donors (Lipinski definition) is 3. The Hall–Kier alpha value is -2.61. The Morgan fingerprint density at radius 2 is 2.09 bits per heavy atom. The van der Waals surface area contributed by atoms with Crippen molar-refractivity contribution < 1.29 is 14.0 Å². The van der Waals surface area contributed by atoms with Gasteiger partial charge in [0.2, 0.25) is 5.91 Å². The van der Waals surface area contributed by atoms with Crippen LogP contribution in [0.25, 0.3) is 0 Å². The number of urea groups is 1. The smallest absolute Gasteiger partial charge is 0.324 e. The Balaban J connectivity index is 1.93. The van der Waals surface area contributed by atoms with E-state index in [9.17, 15) is 14.0 Å². The summed E-state index contributed by atoms with van der Waals surface area (Å²) in [5, 5.41) is 9.09. The van der Waals surface area contributed by atoms with Crippen molar-refractivity contribution in [2.45, 2.75) is 13.0 Å². The number of carbonyl (C=O) groups excluding carboxylic acids is 2. The number of halogens is 2. The lowest BCUT2D eigenvalue weighted by Gasteiger charge is -2.07. The number of benzene rings is 1. The van der Waals surface area contributed by atoms with E-state index in [1.807, 2.05) is 0 Å². The first-order valence-electron chi connectivity index (χ1n) is 6.29. The van der Waals surface area contributed by atoms with Gasteiger partial charge in [0, 0.05) is 25.2 Å². The first kappa shape index (κ1) is 15.8. The second-order valence-corrected chi connectivity index (χ2v) is 4.79. The van der Waals surface area contributed by atoms with Gasteiger partial charge in [0.15, 0.2) is 5.82 Å². The van der Waals surface area contributed by atoms with Gasteiger partial charge in [0.05, 0.1) is 10.7 Å². The van der Waals surface area contributed by atoms with E-state index in [-0.39, 0.29) is 17.1 Å². The van der Waals surface area contributed by atoms with Crippen LogP contribution in [0.1, 0.15) is 6.42 Å². The molecule has 9 heteroatoms. The molecule has 0 saturated carbocycles. The van der Waals surface area contributed by atoms with Crippen molar-refractivity contribution in [3.63, 3.8) is 0 Å². The first-order valence-corrected chi connectivity index (χ1v) is 6.66. The lowest BCUT2D eigenvalue weighted by molar-refractivity contribution is -0.118. The topological polar surface area (TPSA) is 102 Å². The third-order valence-electron chi connectivity index (χ3n) is 2.65. The van der Waals surface area contributed by atoms with Crippen LogP contribution in [0.4, 0.5) is 20.7 Å². The maximum absolute atomic E-state index is 12.9. The van der Waals surface area contributed by atoms with Gasteiger partial charge in [0.1, 0.15) is 5.82 Å². The second-order valence-electron chi connectivity index (χ2n) is 4.38. The van der Waals surface area contributed by atoms with Gasteiger partial charge in [-0.1, -0.05) is 11.6 Å². The molecule has 0 aliphatic heterocycles. The number of carbonyl (C=O) groups is 2. The number of nitrogens with two attached hydrogens (primary N) is 1.